The zero-order chi connectivity index (χ0) is 17.9. The van der Waals surface area contributed by atoms with Gasteiger partial charge in [0.15, 0.2) is 0 Å². The van der Waals surface area contributed by atoms with E-state index in [1.54, 1.807) is 0 Å². The van der Waals surface area contributed by atoms with Gasteiger partial charge in [0.1, 0.15) is 0 Å². The first kappa shape index (κ1) is 16.2. The minimum atomic E-state index is -0.201. The Balaban J connectivity index is 1.57. The number of carbonyl (C=O) groups is 1. The highest BCUT2D eigenvalue weighted by Gasteiger charge is 2.10. The predicted molar refractivity (Wildman–Crippen MR) is 107 cm³/mol. The van der Waals surface area contributed by atoms with Crippen molar-refractivity contribution in [2.45, 2.75) is 20.0 Å². The molecule has 2 N–H and O–H groups in total. The molecule has 0 atom stereocenters. The quantitative estimate of drug-likeness (QED) is 0.530. The molecule has 2 amide bonds. The topological polar surface area (TPSA) is 46.1 Å². The number of urea groups is 1. The highest BCUT2D eigenvalue weighted by Crippen LogP contribution is 2.30. The van der Waals surface area contributed by atoms with E-state index in [1.807, 2.05) is 42.5 Å². The van der Waals surface area contributed by atoms with Crippen molar-refractivity contribution in [3.05, 3.63) is 78.4 Å². The second kappa shape index (κ2) is 6.92. The number of rotatable bonds is 4. The van der Waals surface area contributed by atoms with Crippen molar-refractivity contribution >= 4 is 33.5 Å². The molecule has 0 spiro atoms. The number of para-hydroxylation sites is 1. The smallest absolute Gasteiger partial charge is 0.319 e. The molecule has 26 heavy (non-hydrogen) atoms. The van der Waals surface area contributed by atoms with Crippen LogP contribution in [0.3, 0.4) is 0 Å². The number of fused-ring (bicyclic) bond motifs is 3. The summed E-state index contributed by atoms with van der Waals surface area (Å²) in [6.07, 6.45) is 0. The van der Waals surface area contributed by atoms with Crippen LogP contribution in [0.15, 0.2) is 72.8 Å². The van der Waals surface area contributed by atoms with Gasteiger partial charge in [-0.1, -0.05) is 48.5 Å². The first-order valence-electron chi connectivity index (χ1n) is 8.86. The van der Waals surface area contributed by atoms with Crippen molar-refractivity contribution in [1.29, 1.82) is 0 Å². The molecular formula is C22H21N3O. The van der Waals surface area contributed by atoms with Crippen LogP contribution >= 0.6 is 0 Å². The summed E-state index contributed by atoms with van der Waals surface area (Å²) in [4.78, 5) is 12.2. The molecule has 0 radical (unpaired) electrons. The Kier molecular flexibility index (Phi) is 4.32. The molecule has 0 aliphatic carbocycles. The number of benzene rings is 3. The van der Waals surface area contributed by atoms with E-state index in [1.165, 1.54) is 16.4 Å². The number of carbonyl (C=O) groups excluding carboxylic acids is 1. The molecule has 0 unspecified atom stereocenters. The summed E-state index contributed by atoms with van der Waals surface area (Å²) in [6, 6.07) is 24.1. The predicted octanol–water partition coefficient (Wildman–Crippen LogP) is 5.14. The average Bonchev–Trinajstić information content (AvgIpc) is 3.00. The lowest BCUT2D eigenvalue weighted by Crippen LogP contribution is -2.28. The first-order valence-corrected chi connectivity index (χ1v) is 8.86. The van der Waals surface area contributed by atoms with Crippen LogP contribution in [0.2, 0.25) is 0 Å². The first-order chi connectivity index (χ1) is 12.8. The molecule has 0 aliphatic rings. The third-order valence-corrected chi connectivity index (χ3v) is 4.64. The molecule has 0 saturated carbocycles. The molecule has 0 aliphatic heterocycles. The molecule has 0 bridgehead atoms. The van der Waals surface area contributed by atoms with Gasteiger partial charge in [-0.05, 0) is 36.8 Å². The molecule has 1 aromatic heterocycles. The summed E-state index contributed by atoms with van der Waals surface area (Å²) >= 11 is 0. The normalized spacial score (nSPS) is 11.0. The number of hydrogen-bond donors (Lipinski definition) is 2. The molecule has 3 aromatic carbocycles. The number of hydrogen-bond acceptors (Lipinski definition) is 1. The van der Waals surface area contributed by atoms with Crippen LogP contribution in [-0.4, -0.2) is 10.6 Å². The maximum absolute atomic E-state index is 12.2. The molecule has 130 valence electrons. The standard InChI is InChI=1S/C22H21N3O/c1-2-25-20-11-7-6-10-18(20)19-14-17(12-13-21(19)25)24-22(26)23-15-16-8-4-3-5-9-16/h3-14H,2,15H2,1H3,(H2,23,24,26). The molecule has 0 saturated heterocycles. The van der Waals surface area contributed by atoms with E-state index in [9.17, 15) is 4.79 Å². The van der Waals surface area contributed by atoms with Crippen molar-refractivity contribution in [2.75, 3.05) is 5.32 Å². The van der Waals surface area contributed by atoms with Crippen molar-refractivity contribution < 1.29 is 4.79 Å². The Hall–Kier alpha value is -3.27. The van der Waals surface area contributed by atoms with Gasteiger partial charge in [0, 0.05) is 40.6 Å². The molecule has 4 heteroatoms. The lowest BCUT2D eigenvalue weighted by atomic mass is 10.1. The van der Waals surface area contributed by atoms with Crippen molar-refractivity contribution in [3.8, 4) is 0 Å². The van der Waals surface area contributed by atoms with Gasteiger partial charge in [-0.15, -0.1) is 0 Å². The van der Waals surface area contributed by atoms with Gasteiger partial charge in [0.05, 0.1) is 0 Å². The number of nitrogens with one attached hydrogen (secondary N) is 2. The van der Waals surface area contributed by atoms with Gasteiger partial charge in [-0.25, -0.2) is 4.79 Å². The van der Waals surface area contributed by atoms with Gasteiger partial charge < -0.3 is 15.2 Å². The Bertz CT molecular complexity index is 1070. The van der Waals surface area contributed by atoms with E-state index in [0.717, 1.165) is 23.2 Å². The molecular weight excluding hydrogens is 322 g/mol. The molecule has 4 nitrogen and oxygen atoms in total. The third-order valence-electron chi connectivity index (χ3n) is 4.64. The van der Waals surface area contributed by atoms with E-state index >= 15 is 0 Å². The van der Waals surface area contributed by atoms with Crippen LogP contribution in [0, 0.1) is 0 Å². The third kappa shape index (κ3) is 3.02. The Labute approximate surface area is 152 Å². The molecule has 4 aromatic rings. The average molecular weight is 343 g/mol. The summed E-state index contributed by atoms with van der Waals surface area (Å²) in [5.74, 6) is 0. The van der Waals surface area contributed by atoms with Gasteiger partial charge in [-0.2, -0.15) is 0 Å². The summed E-state index contributed by atoms with van der Waals surface area (Å²) in [5.41, 5.74) is 4.27. The summed E-state index contributed by atoms with van der Waals surface area (Å²) in [5, 5.41) is 8.19. The highest BCUT2D eigenvalue weighted by molar-refractivity contribution is 6.09. The van der Waals surface area contributed by atoms with Crippen LogP contribution in [0.5, 0.6) is 0 Å². The lowest BCUT2D eigenvalue weighted by molar-refractivity contribution is 0.251. The zero-order valence-electron chi connectivity index (χ0n) is 14.7. The summed E-state index contributed by atoms with van der Waals surface area (Å²) in [6.45, 7) is 3.56. The van der Waals surface area contributed by atoms with Gasteiger partial charge in [-0.3, -0.25) is 0 Å². The van der Waals surface area contributed by atoms with Gasteiger partial charge in [0.2, 0.25) is 0 Å². The van der Waals surface area contributed by atoms with Crippen LogP contribution in [0.25, 0.3) is 21.8 Å². The highest BCUT2D eigenvalue weighted by atomic mass is 16.2. The summed E-state index contributed by atoms with van der Waals surface area (Å²) < 4.78 is 2.30. The fourth-order valence-corrected chi connectivity index (χ4v) is 3.43. The number of aromatic nitrogens is 1. The fourth-order valence-electron chi connectivity index (χ4n) is 3.43. The number of anilines is 1. The maximum atomic E-state index is 12.2. The monoisotopic (exact) mass is 343 g/mol. The minimum absolute atomic E-state index is 0.201. The van der Waals surface area contributed by atoms with Crippen molar-refractivity contribution in [3.63, 3.8) is 0 Å². The Morgan fingerprint density at radius 1 is 0.885 bits per heavy atom. The zero-order valence-corrected chi connectivity index (χ0v) is 14.7. The van der Waals surface area contributed by atoms with E-state index in [2.05, 4.69) is 52.5 Å². The second-order valence-electron chi connectivity index (χ2n) is 6.29. The minimum Gasteiger partial charge on any atom is -0.341 e. The van der Waals surface area contributed by atoms with Crippen LogP contribution in [-0.2, 0) is 13.1 Å². The Morgan fingerprint density at radius 2 is 1.62 bits per heavy atom. The van der Waals surface area contributed by atoms with Crippen LogP contribution in [0.4, 0.5) is 10.5 Å². The number of aryl methyl sites for hydroxylation is 1. The fraction of sp³-hybridized carbons (Fsp3) is 0.136. The van der Waals surface area contributed by atoms with Crippen LogP contribution in [0.1, 0.15) is 12.5 Å². The SMILES string of the molecule is CCn1c2ccccc2c2cc(NC(=O)NCc3ccccc3)ccc21. The van der Waals surface area contributed by atoms with Crippen molar-refractivity contribution in [1.82, 2.24) is 9.88 Å². The van der Waals surface area contributed by atoms with E-state index < -0.39 is 0 Å². The Morgan fingerprint density at radius 3 is 2.42 bits per heavy atom. The molecule has 4 rings (SSSR count). The largest absolute Gasteiger partial charge is 0.341 e. The lowest BCUT2D eigenvalue weighted by Gasteiger charge is -2.08. The van der Waals surface area contributed by atoms with Crippen molar-refractivity contribution in [2.24, 2.45) is 0 Å². The van der Waals surface area contributed by atoms with Gasteiger partial charge >= 0.3 is 6.03 Å². The van der Waals surface area contributed by atoms with E-state index in [0.29, 0.717) is 6.54 Å². The van der Waals surface area contributed by atoms with E-state index in [-0.39, 0.29) is 6.03 Å². The number of nitrogens with zero attached hydrogens (tertiary/aromatic N) is 1. The molecule has 1 heterocycles. The maximum Gasteiger partial charge on any atom is 0.319 e. The second-order valence-corrected chi connectivity index (χ2v) is 6.29. The molecule has 0 fully saturated rings. The van der Waals surface area contributed by atoms with E-state index in [4.69, 9.17) is 0 Å². The van der Waals surface area contributed by atoms with Crippen LogP contribution < -0.4 is 10.6 Å². The number of amides is 2. The summed E-state index contributed by atoms with van der Waals surface area (Å²) in [7, 11) is 0. The van der Waals surface area contributed by atoms with Gasteiger partial charge in [0.25, 0.3) is 0 Å².